The molecule has 0 aliphatic carbocycles. The van der Waals surface area contributed by atoms with Gasteiger partial charge in [0.25, 0.3) is 0 Å². The molecule has 0 saturated carbocycles. The summed E-state index contributed by atoms with van der Waals surface area (Å²) in [4.78, 5) is 23.9. The van der Waals surface area contributed by atoms with Gasteiger partial charge in [0.1, 0.15) is 19.3 Å². The highest BCUT2D eigenvalue weighted by Crippen LogP contribution is 2.14. The molecule has 0 rings (SSSR count). The van der Waals surface area contributed by atoms with E-state index < -0.39 is 12.2 Å². The summed E-state index contributed by atoms with van der Waals surface area (Å²) in [5, 5.41) is 20.0. The van der Waals surface area contributed by atoms with Crippen LogP contribution in [0, 0.1) is 0 Å². The van der Waals surface area contributed by atoms with Crippen LogP contribution < -0.4 is 0 Å². The second-order valence-electron chi connectivity index (χ2n) is 13.6. The molecule has 6 nitrogen and oxygen atoms in total. The third-order valence-corrected chi connectivity index (χ3v) is 8.55. The van der Waals surface area contributed by atoms with Gasteiger partial charge < -0.3 is 19.7 Å². The van der Waals surface area contributed by atoms with Crippen LogP contribution in [-0.2, 0) is 19.1 Å². The fraction of sp³-hybridized carbons (Fsp3) is 0.689. The lowest BCUT2D eigenvalue weighted by Crippen LogP contribution is -2.25. The standard InChI is InChI=1S/C45H76O6/c1-3-5-7-9-11-12-13-14-15-16-17-18-19-23-26-30-34-38-44(48)50-40-43(47)41-51-45(49)39-35-31-27-24-21-20-22-25-29-33-37-42(46)36-32-28-10-8-6-4-2/h6,8,20-21,25,27-29,31-33,37,42-43,46-47H,3-5,7,9-19,22-24,26,30,34-36,38-41H2,1-2H3/b8-6-,21-20-,29-25-,31-27-,32-28-,37-33+/t42?,43-/m0/s1. The summed E-state index contributed by atoms with van der Waals surface area (Å²) in [7, 11) is 0. The van der Waals surface area contributed by atoms with Crippen LogP contribution >= 0.6 is 0 Å². The number of carbonyl (C=O) groups is 2. The number of carbonyl (C=O) groups excluding carboxylic acids is 2. The third-order valence-electron chi connectivity index (χ3n) is 8.55. The van der Waals surface area contributed by atoms with Crippen LogP contribution in [-0.4, -0.2) is 47.6 Å². The minimum Gasteiger partial charge on any atom is -0.463 e. The summed E-state index contributed by atoms with van der Waals surface area (Å²) in [6.07, 6.45) is 50.0. The van der Waals surface area contributed by atoms with Gasteiger partial charge >= 0.3 is 11.9 Å². The molecule has 0 amide bonds. The maximum absolute atomic E-state index is 12.0. The van der Waals surface area contributed by atoms with Crippen molar-refractivity contribution in [2.75, 3.05) is 13.2 Å². The Hall–Kier alpha value is -2.70. The Morgan fingerprint density at radius 3 is 1.51 bits per heavy atom. The van der Waals surface area contributed by atoms with Gasteiger partial charge in [0.2, 0.25) is 0 Å². The molecule has 0 bridgehead atoms. The first-order valence-electron chi connectivity index (χ1n) is 20.6. The molecule has 0 aliphatic heterocycles. The number of aliphatic hydroxyl groups is 2. The quantitative estimate of drug-likeness (QED) is 0.0291. The second kappa shape index (κ2) is 40.1. The van der Waals surface area contributed by atoms with Crippen molar-refractivity contribution in [3.05, 3.63) is 72.9 Å². The van der Waals surface area contributed by atoms with E-state index >= 15 is 0 Å². The topological polar surface area (TPSA) is 93.1 Å². The van der Waals surface area contributed by atoms with Crippen LogP contribution in [0.4, 0.5) is 0 Å². The minimum atomic E-state index is -1.01. The molecule has 292 valence electrons. The third kappa shape index (κ3) is 39.9. The number of rotatable bonds is 36. The van der Waals surface area contributed by atoms with E-state index in [1.54, 1.807) is 6.08 Å². The Morgan fingerprint density at radius 1 is 0.510 bits per heavy atom. The Kier molecular flexibility index (Phi) is 38.0. The van der Waals surface area contributed by atoms with E-state index in [4.69, 9.17) is 9.47 Å². The number of ether oxygens (including phenoxy) is 2. The molecule has 0 radical (unpaired) electrons. The molecule has 0 saturated heterocycles. The first-order valence-corrected chi connectivity index (χ1v) is 20.6. The summed E-state index contributed by atoms with van der Waals surface area (Å²) >= 11 is 0. The highest BCUT2D eigenvalue weighted by Gasteiger charge is 2.11. The van der Waals surface area contributed by atoms with Crippen LogP contribution in [0.5, 0.6) is 0 Å². The normalized spacial score (nSPS) is 13.6. The molecule has 51 heavy (non-hydrogen) atoms. The van der Waals surface area contributed by atoms with Crippen molar-refractivity contribution >= 4 is 11.9 Å². The highest BCUT2D eigenvalue weighted by molar-refractivity contribution is 5.70. The van der Waals surface area contributed by atoms with E-state index in [1.807, 2.05) is 36.5 Å². The molecule has 6 heteroatoms. The number of esters is 2. The molecular formula is C45H76O6. The zero-order valence-electron chi connectivity index (χ0n) is 32.7. The van der Waals surface area contributed by atoms with Crippen molar-refractivity contribution in [3.63, 3.8) is 0 Å². The molecule has 0 aromatic carbocycles. The Balaban J connectivity index is 3.62. The Morgan fingerprint density at radius 2 is 0.961 bits per heavy atom. The van der Waals surface area contributed by atoms with E-state index in [1.165, 1.54) is 89.9 Å². The van der Waals surface area contributed by atoms with E-state index in [0.29, 0.717) is 19.3 Å². The number of hydrogen-bond acceptors (Lipinski definition) is 6. The molecule has 0 aromatic rings. The van der Waals surface area contributed by atoms with Crippen molar-refractivity contribution in [2.45, 2.75) is 187 Å². The SMILES string of the molecule is CC/C=C\C/C=C\CC(O)/C=C/C=C\C/C=C\C/C=C\CCC(=O)OC[C@@H](O)COC(=O)CCCCCCCCCCCCCCCCCCC. The molecule has 0 spiro atoms. The lowest BCUT2D eigenvalue weighted by molar-refractivity contribution is -0.152. The van der Waals surface area contributed by atoms with Crippen LogP contribution in [0.15, 0.2) is 72.9 Å². The molecule has 0 heterocycles. The van der Waals surface area contributed by atoms with E-state index in [0.717, 1.165) is 44.9 Å². The minimum absolute atomic E-state index is 0.153. The lowest BCUT2D eigenvalue weighted by Gasteiger charge is -2.12. The molecule has 1 unspecified atom stereocenters. The lowest BCUT2D eigenvalue weighted by atomic mass is 10.0. The molecule has 0 aromatic heterocycles. The van der Waals surface area contributed by atoms with E-state index in [-0.39, 0.29) is 31.6 Å². The zero-order valence-corrected chi connectivity index (χ0v) is 32.7. The number of aliphatic hydroxyl groups excluding tert-OH is 2. The van der Waals surface area contributed by atoms with Gasteiger partial charge in [0.05, 0.1) is 6.10 Å². The molecule has 0 fully saturated rings. The van der Waals surface area contributed by atoms with Crippen molar-refractivity contribution in [1.82, 2.24) is 0 Å². The number of unbranched alkanes of at least 4 members (excludes halogenated alkanes) is 16. The van der Waals surface area contributed by atoms with Crippen molar-refractivity contribution in [3.8, 4) is 0 Å². The zero-order chi connectivity index (χ0) is 37.3. The smallest absolute Gasteiger partial charge is 0.306 e. The fourth-order valence-corrected chi connectivity index (χ4v) is 5.43. The van der Waals surface area contributed by atoms with Gasteiger partial charge in [-0.15, -0.1) is 0 Å². The van der Waals surface area contributed by atoms with Crippen molar-refractivity contribution in [1.29, 1.82) is 0 Å². The summed E-state index contributed by atoms with van der Waals surface area (Å²) in [6, 6.07) is 0. The fourth-order valence-electron chi connectivity index (χ4n) is 5.43. The monoisotopic (exact) mass is 713 g/mol. The largest absolute Gasteiger partial charge is 0.463 e. The molecular weight excluding hydrogens is 636 g/mol. The van der Waals surface area contributed by atoms with Gasteiger partial charge in [-0.2, -0.15) is 0 Å². The van der Waals surface area contributed by atoms with Gasteiger partial charge in [0, 0.05) is 12.8 Å². The van der Waals surface area contributed by atoms with Crippen molar-refractivity contribution < 1.29 is 29.3 Å². The summed E-state index contributed by atoms with van der Waals surface area (Å²) < 4.78 is 10.3. The maximum atomic E-state index is 12.0. The highest BCUT2D eigenvalue weighted by atomic mass is 16.6. The predicted octanol–water partition coefficient (Wildman–Crippen LogP) is 11.9. The van der Waals surface area contributed by atoms with Crippen LogP contribution in [0.2, 0.25) is 0 Å². The number of allylic oxidation sites excluding steroid dienone is 10. The predicted molar refractivity (Wildman–Crippen MR) is 216 cm³/mol. The maximum Gasteiger partial charge on any atom is 0.306 e. The Labute approximate surface area is 313 Å². The average Bonchev–Trinajstić information content (AvgIpc) is 3.13. The number of hydrogen-bond donors (Lipinski definition) is 2. The van der Waals surface area contributed by atoms with Crippen LogP contribution in [0.25, 0.3) is 0 Å². The summed E-state index contributed by atoms with van der Waals surface area (Å²) in [5.41, 5.74) is 0. The first-order chi connectivity index (χ1) is 25.0. The first kappa shape index (κ1) is 48.3. The van der Waals surface area contributed by atoms with Crippen LogP contribution in [0.1, 0.15) is 174 Å². The van der Waals surface area contributed by atoms with Gasteiger partial charge in [-0.3, -0.25) is 9.59 Å². The second-order valence-corrected chi connectivity index (χ2v) is 13.6. The Bertz CT molecular complexity index is 960. The molecule has 0 aliphatic rings. The van der Waals surface area contributed by atoms with Gasteiger partial charge in [-0.1, -0.05) is 189 Å². The van der Waals surface area contributed by atoms with Crippen LogP contribution in [0.3, 0.4) is 0 Å². The molecule has 2 N–H and O–H groups in total. The molecule has 2 atom stereocenters. The van der Waals surface area contributed by atoms with E-state index in [9.17, 15) is 19.8 Å². The summed E-state index contributed by atoms with van der Waals surface area (Å²) in [5.74, 6) is -0.689. The van der Waals surface area contributed by atoms with Gasteiger partial charge in [0.15, 0.2) is 0 Å². The average molecular weight is 713 g/mol. The van der Waals surface area contributed by atoms with Gasteiger partial charge in [-0.25, -0.2) is 0 Å². The van der Waals surface area contributed by atoms with E-state index in [2.05, 4.69) is 44.2 Å². The van der Waals surface area contributed by atoms with Crippen molar-refractivity contribution in [2.24, 2.45) is 0 Å². The van der Waals surface area contributed by atoms with Gasteiger partial charge in [-0.05, 0) is 44.9 Å². The summed E-state index contributed by atoms with van der Waals surface area (Å²) in [6.45, 7) is 4.06.